The van der Waals surface area contributed by atoms with Gasteiger partial charge in [-0.25, -0.2) is 14.6 Å². The zero-order chi connectivity index (χ0) is 26.9. The quantitative estimate of drug-likeness (QED) is 0.572. The Hall–Kier alpha value is -3.33. The topological polar surface area (TPSA) is 122 Å². The van der Waals surface area contributed by atoms with E-state index in [4.69, 9.17) is 33.7 Å². The summed E-state index contributed by atoms with van der Waals surface area (Å²) in [5, 5.41) is 14.2. The highest BCUT2D eigenvalue weighted by Gasteiger charge is 2.45. The van der Waals surface area contributed by atoms with Crippen molar-refractivity contribution in [3.63, 3.8) is 0 Å². The molecule has 200 valence electrons. The van der Waals surface area contributed by atoms with Crippen molar-refractivity contribution in [3.8, 4) is 5.88 Å². The fourth-order valence-electron chi connectivity index (χ4n) is 3.46. The molecule has 0 aromatic carbocycles. The Labute approximate surface area is 200 Å². The third-order valence-electron chi connectivity index (χ3n) is 4.92. The Kier molecular flexibility index (Phi) is 10.1. The van der Waals surface area contributed by atoms with Gasteiger partial charge in [-0.15, -0.1) is 0 Å². The molecular weight excluding hydrogens is 506 g/mol. The van der Waals surface area contributed by atoms with Crippen LogP contribution >= 0.6 is 0 Å². The summed E-state index contributed by atoms with van der Waals surface area (Å²) in [6.07, 6.45) is -4.30. The van der Waals surface area contributed by atoms with E-state index in [0.29, 0.717) is 11.9 Å². The monoisotopic (exact) mass is 528 g/mol. The smallest absolute Gasteiger partial charge is 0.475 e. The van der Waals surface area contributed by atoms with Gasteiger partial charge in [0.15, 0.2) is 0 Å². The molecule has 2 fully saturated rings. The van der Waals surface area contributed by atoms with Crippen molar-refractivity contribution >= 4 is 11.9 Å². The van der Waals surface area contributed by atoms with Crippen LogP contribution in [0.2, 0.25) is 0 Å². The summed E-state index contributed by atoms with van der Waals surface area (Å²) in [4.78, 5) is 24.5. The maximum Gasteiger partial charge on any atom is 0.490 e. The Bertz CT molecular complexity index is 930. The fourth-order valence-corrected chi connectivity index (χ4v) is 3.46. The van der Waals surface area contributed by atoms with Crippen LogP contribution in [0.25, 0.3) is 0 Å². The minimum atomic E-state index is -5.08. The largest absolute Gasteiger partial charge is 0.490 e. The molecule has 2 saturated heterocycles. The molecule has 36 heavy (non-hydrogen) atoms. The maximum atomic E-state index is 10.6. The molecule has 0 spiro atoms. The van der Waals surface area contributed by atoms with Gasteiger partial charge >= 0.3 is 24.3 Å². The predicted octanol–water partition coefficient (Wildman–Crippen LogP) is 3.75. The number of hydrogen-bond acceptors (Lipinski definition) is 7. The van der Waals surface area contributed by atoms with Gasteiger partial charge in [0.25, 0.3) is 0 Å². The second-order valence-electron chi connectivity index (χ2n) is 7.48. The Morgan fingerprint density at radius 3 is 2.19 bits per heavy atom. The number of halogens is 6. The highest BCUT2D eigenvalue weighted by atomic mass is 19.4. The number of fused-ring (bicyclic) bond motifs is 1. The number of likely N-dealkylation sites (tertiary alicyclic amines) is 1. The lowest BCUT2D eigenvalue weighted by molar-refractivity contribution is -0.193. The van der Waals surface area contributed by atoms with Crippen LogP contribution in [-0.2, 0) is 20.9 Å². The summed E-state index contributed by atoms with van der Waals surface area (Å²) in [6, 6.07) is 10.1. The zero-order valence-electron chi connectivity index (χ0n) is 18.4. The van der Waals surface area contributed by atoms with Gasteiger partial charge < -0.3 is 24.1 Å². The van der Waals surface area contributed by atoms with Gasteiger partial charge in [-0.3, -0.25) is 4.90 Å². The normalized spacial score (nSPS) is 21.8. The van der Waals surface area contributed by atoms with Crippen molar-refractivity contribution in [2.75, 3.05) is 13.2 Å². The van der Waals surface area contributed by atoms with E-state index in [1.54, 1.807) is 12.5 Å². The Balaban J connectivity index is 0.000000271. The Morgan fingerprint density at radius 2 is 1.69 bits per heavy atom. The van der Waals surface area contributed by atoms with Crippen LogP contribution < -0.4 is 4.74 Å². The summed E-state index contributed by atoms with van der Waals surface area (Å²) < 4.78 is 81.1. The molecule has 9 nitrogen and oxygen atoms in total. The molecule has 0 radical (unpaired) electrons. The second-order valence-corrected chi connectivity index (χ2v) is 7.48. The standard InChI is InChI=1S/C17H20N2O3.2C2HF3O2/c1-2-8-18-16(7-1)22-15-12-19(11-13-5-3-9-20-13)14-6-4-10-21-17(14)15;2*3-2(4,5)1(6)7/h1-3,5,7-9,14-15,17H,4,6,10-12H2;2*(H,6,7)/t14-,15+,17+;;/m1../s1. The Morgan fingerprint density at radius 1 is 1.06 bits per heavy atom. The molecule has 4 rings (SSSR count). The van der Waals surface area contributed by atoms with E-state index in [1.165, 1.54) is 0 Å². The number of nitrogens with zero attached hydrogens (tertiary/aromatic N) is 2. The lowest BCUT2D eigenvalue weighted by atomic mass is 10.0. The molecule has 15 heteroatoms. The van der Waals surface area contributed by atoms with Crippen molar-refractivity contribution in [3.05, 3.63) is 48.6 Å². The number of pyridine rings is 1. The maximum absolute atomic E-state index is 10.6. The molecule has 0 aliphatic carbocycles. The molecule has 2 aromatic rings. The van der Waals surface area contributed by atoms with E-state index in [1.807, 2.05) is 30.3 Å². The number of furan rings is 1. The van der Waals surface area contributed by atoms with Gasteiger partial charge in [-0.2, -0.15) is 26.3 Å². The summed E-state index contributed by atoms with van der Waals surface area (Å²) in [5.74, 6) is -3.86. The van der Waals surface area contributed by atoms with Crippen molar-refractivity contribution in [2.24, 2.45) is 0 Å². The molecule has 4 heterocycles. The third kappa shape index (κ3) is 9.03. The average molecular weight is 528 g/mol. The van der Waals surface area contributed by atoms with Crippen LogP contribution in [-0.4, -0.2) is 75.8 Å². The number of carboxylic acid groups (broad SMARTS) is 2. The van der Waals surface area contributed by atoms with Gasteiger partial charge in [0.05, 0.1) is 12.8 Å². The van der Waals surface area contributed by atoms with Crippen LogP contribution in [0.5, 0.6) is 5.88 Å². The van der Waals surface area contributed by atoms with Gasteiger partial charge in [-0.05, 0) is 31.0 Å². The molecule has 2 N–H and O–H groups in total. The van der Waals surface area contributed by atoms with Crippen molar-refractivity contribution in [1.29, 1.82) is 0 Å². The van der Waals surface area contributed by atoms with E-state index in [2.05, 4.69) is 9.88 Å². The van der Waals surface area contributed by atoms with E-state index >= 15 is 0 Å². The lowest BCUT2D eigenvalue weighted by Crippen LogP contribution is -2.42. The third-order valence-corrected chi connectivity index (χ3v) is 4.92. The number of rotatable bonds is 4. The number of carboxylic acids is 2. The van der Waals surface area contributed by atoms with Crippen LogP contribution in [0.15, 0.2) is 47.2 Å². The molecule has 0 amide bonds. The number of aromatic nitrogens is 1. The second kappa shape index (κ2) is 12.6. The highest BCUT2D eigenvalue weighted by Crippen LogP contribution is 2.32. The molecule has 0 bridgehead atoms. The van der Waals surface area contributed by atoms with Crippen molar-refractivity contribution in [1.82, 2.24) is 9.88 Å². The van der Waals surface area contributed by atoms with E-state index in [0.717, 1.165) is 38.3 Å². The van der Waals surface area contributed by atoms with Gasteiger partial charge in [0.2, 0.25) is 5.88 Å². The first-order valence-electron chi connectivity index (χ1n) is 10.3. The van der Waals surface area contributed by atoms with Crippen LogP contribution in [0, 0.1) is 0 Å². The first-order valence-corrected chi connectivity index (χ1v) is 10.3. The number of carbonyl (C=O) groups is 2. The molecule has 2 aliphatic heterocycles. The fraction of sp³-hybridized carbons (Fsp3) is 0.476. The van der Waals surface area contributed by atoms with Gasteiger partial charge in [-0.1, -0.05) is 6.07 Å². The molecule has 3 atom stereocenters. The minimum Gasteiger partial charge on any atom is -0.475 e. The molecule has 2 aromatic heterocycles. The van der Waals surface area contributed by atoms with Crippen LogP contribution in [0.1, 0.15) is 18.6 Å². The molecule has 0 saturated carbocycles. The van der Waals surface area contributed by atoms with Crippen LogP contribution in [0.3, 0.4) is 0 Å². The number of ether oxygens (including phenoxy) is 2. The summed E-state index contributed by atoms with van der Waals surface area (Å²) in [7, 11) is 0. The van der Waals surface area contributed by atoms with Gasteiger partial charge in [0, 0.05) is 31.5 Å². The summed E-state index contributed by atoms with van der Waals surface area (Å²) in [5.41, 5.74) is 0. The molecule has 0 unspecified atom stereocenters. The lowest BCUT2D eigenvalue weighted by Gasteiger charge is -2.31. The van der Waals surface area contributed by atoms with Crippen molar-refractivity contribution < 1.29 is 60.0 Å². The highest BCUT2D eigenvalue weighted by molar-refractivity contribution is 5.73. The van der Waals surface area contributed by atoms with Gasteiger partial charge in [0.1, 0.15) is 18.0 Å². The van der Waals surface area contributed by atoms with E-state index in [-0.39, 0.29) is 12.2 Å². The zero-order valence-corrected chi connectivity index (χ0v) is 18.4. The van der Waals surface area contributed by atoms with Crippen molar-refractivity contribution in [2.45, 2.75) is 50.0 Å². The number of aliphatic carboxylic acids is 2. The van der Waals surface area contributed by atoms with E-state index < -0.39 is 24.3 Å². The van der Waals surface area contributed by atoms with Crippen LogP contribution in [0.4, 0.5) is 26.3 Å². The first-order chi connectivity index (χ1) is 16.8. The summed E-state index contributed by atoms with van der Waals surface area (Å²) >= 11 is 0. The predicted molar refractivity (Wildman–Crippen MR) is 108 cm³/mol. The SMILES string of the molecule is O=C(O)C(F)(F)F.O=C(O)C(F)(F)F.c1ccc(O[C@H]2CN(Cc3ccco3)[C@@H]3CCCO[C@H]23)nc1. The minimum absolute atomic E-state index is 0.0233. The van der Waals surface area contributed by atoms with E-state index in [9.17, 15) is 26.3 Å². The molecular formula is C21H22F6N2O7. The summed E-state index contributed by atoms with van der Waals surface area (Å²) in [6.45, 7) is 2.46. The number of alkyl halides is 6. The number of hydrogen-bond donors (Lipinski definition) is 2. The average Bonchev–Trinajstić information content (AvgIpc) is 3.43. The first kappa shape index (κ1) is 28.9. The molecule has 2 aliphatic rings.